The minimum absolute atomic E-state index is 0.0180. The predicted octanol–water partition coefficient (Wildman–Crippen LogP) is 4.22. The first-order valence-corrected chi connectivity index (χ1v) is 7.51. The minimum Gasteiger partial charge on any atom is -0.489 e. The molecule has 0 saturated heterocycles. The number of benzene rings is 1. The molecule has 0 radical (unpaired) electrons. The Morgan fingerprint density at radius 1 is 1.14 bits per heavy atom. The number of hydrogen-bond donors (Lipinski definition) is 0. The standard InChI is InChI=1S/C18H19ClO3/c1-10(9-11(2)20)18-17(14-5-7-15(19)8-6-14)16(12(3)21)13(4)22-18/h5-9,17-18H,1-4H3/b10-9-/t17-,18+/m1/s1. The molecule has 0 saturated carbocycles. The van der Waals surface area contributed by atoms with Crippen LogP contribution >= 0.6 is 11.6 Å². The zero-order chi connectivity index (χ0) is 16.4. The maximum absolute atomic E-state index is 12.0. The van der Waals surface area contributed by atoms with Crippen molar-refractivity contribution in [2.75, 3.05) is 0 Å². The molecule has 0 N–H and O–H groups in total. The number of ether oxygens (including phenoxy) is 1. The molecule has 1 aromatic rings. The van der Waals surface area contributed by atoms with Crippen LogP contribution in [0.3, 0.4) is 0 Å². The molecule has 0 amide bonds. The van der Waals surface area contributed by atoms with Gasteiger partial charge in [-0.2, -0.15) is 0 Å². The largest absolute Gasteiger partial charge is 0.489 e. The maximum atomic E-state index is 12.0. The van der Waals surface area contributed by atoms with E-state index in [2.05, 4.69) is 0 Å². The first-order chi connectivity index (χ1) is 10.3. The van der Waals surface area contributed by atoms with Crippen LogP contribution < -0.4 is 0 Å². The zero-order valence-electron chi connectivity index (χ0n) is 13.1. The van der Waals surface area contributed by atoms with Gasteiger partial charge in [-0.3, -0.25) is 9.59 Å². The highest BCUT2D eigenvalue weighted by Crippen LogP contribution is 2.42. The first-order valence-electron chi connectivity index (χ1n) is 7.14. The molecule has 0 fully saturated rings. The van der Waals surface area contributed by atoms with E-state index in [-0.39, 0.29) is 23.6 Å². The lowest BCUT2D eigenvalue weighted by Crippen LogP contribution is -2.21. The Balaban J connectivity index is 2.51. The van der Waals surface area contributed by atoms with E-state index in [1.807, 2.05) is 19.1 Å². The van der Waals surface area contributed by atoms with E-state index in [0.29, 0.717) is 16.4 Å². The van der Waals surface area contributed by atoms with Crippen molar-refractivity contribution in [1.82, 2.24) is 0 Å². The van der Waals surface area contributed by atoms with Crippen LogP contribution in [0.5, 0.6) is 0 Å². The molecule has 0 aromatic heterocycles. The quantitative estimate of drug-likeness (QED) is 0.781. The number of rotatable bonds is 4. The molecule has 1 aliphatic rings. The number of ketones is 2. The monoisotopic (exact) mass is 318 g/mol. The molecule has 3 nitrogen and oxygen atoms in total. The average molecular weight is 319 g/mol. The Bertz CT molecular complexity index is 668. The molecule has 0 unspecified atom stereocenters. The van der Waals surface area contributed by atoms with Gasteiger partial charge in [-0.25, -0.2) is 0 Å². The summed E-state index contributed by atoms with van der Waals surface area (Å²) in [5.41, 5.74) is 2.42. The number of halogens is 1. The SMILES string of the molecule is CC(=O)/C=C(/C)[C@@H]1OC(C)=C(C(C)=O)[C@H]1c1ccc(Cl)cc1. The van der Waals surface area contributed by atoms with Crippen LogP contribution in [0, 0.1) is 0 Å². The Morgan fingerprint density at radius 2 is 1.73 bits per heavy atom. The third kappa shape index (κ3) is 3.30. The van der Waals surface area contributed by atoms with Crippen LogP contribution in [0.2, 0.25) is 5.02 Å². The summed E-state index contributed by atoms with van der Waals surface area (Å²) in [5, 5.41) is 0.639. The summed E-state index contributed by atoms with van der Waals surface area (Å²) < 4.78 is 5.90. The van der Waals surface area contributed by atoms with Gasteiger partial charge in [-0.1, -0.05) is 23.7 Å². The maximum Gasteiger partial charge on any atom is 0.159 e. The molecule has 1 aliphatic heterocycles. The molecule has 116 valence electrons. The molecule has 4 heteroatoms. The number of allylic oxidation sites excluding steroid dienone is 2. The van der Waals surface area contributed by atoms with E-state index in [9.17, 15) is 9.59 Å². The van der Waals surface area contributed by atoms with Crippen LogP contribution in [-0.4, -0.2) is 17.7 Å². The molecular formula is C18H19ClO3. The van der Waals surface area contributed by atoms with E-state index in [1.54, 1.807) is 25.1 Å². The van der Waals surface area contributed by atoms with Crippen molar-refractivity contribution < 1.29 is 14.3 Å². The van der Waals surface area contributed by atoms with Gasteiger partial charge in [0.1, 0.15) is 11.9 Å². The third-order valence-corrected chi connectivity index (χ3v) is 4.04. The summed E-state index contributed by atoms with van der Waals surface area (Å²) in [5.74, 6) is 0.347. The zero-order valence-corrected chi connectivity index (χ0v) is 13.9. The van der Waals surface area contributed by atoms with Gasteiger partial charge in [0.25, 0.3) is 0 Å². The summed E-state index contributed by atoms with van der Waals surface area (Å²) in [4.78, 5) is 23.4. The van der Waals surface area contributed by atoms with Gasteiger partial charge in [0.2, 0.25) is 0 Å². The summed E-state index contributed by atoms with van der Waals surface area (Å²) in [7, 11) is 0. The van der Waals surface area contributed by atoms with Crippen LogP contribution in [0.25, 0.3) is 0 Å². The highest BCUT2D eigenvalue weighted by atomic mass is 35.5. The predicted molar refractivity (Wildman–Crippen MR) is 86.9 cm³/mol. The van der Waals surface area contributed by atoms with Crippen molar-refractivity contribution in [1.29, 1.82) is 0 Å². The van der Waals surface area contributed by atoms with E-state index >= 15 is 0 Å². The van der Waals surface area contributed by atoms with Gasteiger partial charge in [0.05, 0.1) is 5.92 Å². The van der Waals surface area contributed by atoms with Gasteiger partial charge < -0.3 is 4.74 Å². The fourth-order valence-corrected chi connectivity index (χ4v) is 3.06. The molecule has 1 aromatic carbocycles. The lowest BCUT2D eigenvalue weighted by atomic mass is 9.83. The fraction of sp³-hybridized carbons (Fsp3) is 0.333. The van der Waals surface area contributed by atoms with Crippen LogP contribution in [0.4, 0.5) is 0 Å². The number of hydrogen-bond acceptors (Lipinski definition) is 3. The first kappa shape index (κ1) is 16.5. The Kier molecular flexibility index (Phi) is 4.87. The summed E-state index contributed by atoms with van der Waals surface area (Å²) in [6.07, 6.45) is 1.22. The van der Waals surface area contributed by atoms with Gasteiger partial charge in [-0.15, -0.1) is 0 Å². The molecule has 0 aliphatic carbocycles. The molecule has 2 rings (SSSR count). The van der Waals surface area contributed by atoms with Crippen molar-refractivity contribution >= 4 is 23.2 Å². The molecule has 0 spiro atoms. The van der Waals surface area contributed by atoms with Crippen molar-refractivity contribution in [3.8, 4) is 0 Å². The van der Waals surface area contributed by atoms with Crippen molar-refractivity contribution in [2.45, 2.75) is 39.7 Å². The Hall–Kier alpha value is -1.87. The molecular weight excluding hydrogens is 300 g/mol. The normalized spacial score (nSPS) is 21.8. The lowest BCUT2D eigenvalue weighted by Gasteiger charge is -2.22. The van der Waals surface area contributed by atoms with Gasteiger partial charge >= 0.3 is 0 Å². The van der Waals surface area contributed by atoms with Crippen molar-refractivity contribution in [3.05, 3.63) is 57.8 Å². The smallest absolute Gasteiger partial charge is 0.159 e. The molecule has 0 bridgehead atoms. The second-order valence-corrected chi connectivity index (χ2v) is 6.03. The van der Waals surface area contributed by atoms with E-state index in [1.165, 1.54) is 13.8 Å². The van der Waals surface area contributed by atoms with Crippen molar-refractivity contribution in [2.24, 2.45) is 0 Å². The van der Waals surface area contributed by atoms with Crippen LogP contribution in [-0.2, 0) is 14.3 Å². The highest BCUT2D eigenvalue weighted by molar-refractivity contribution is 6.30. The summed E-state index contributed by atoms with van der Waals surface area (Å²) in [6, 6.07) is 7.38. The van der Waals surface area contributed by atoms with Crippen LogP contribution in [0.15, 0.2) is 47.2 Å². The average Bonchev–Trinajstić information content (AvgIpc) is 2.76. The fourth-order valence-electron chi connectivity index (χ4n) is 2.93. The number of Topliss-reactive ketones (excluding diaryl/α,β-unsaturated/α-hetero) is 1. The molecule has 1 heterocycles. The lowest BCUT2D eigenvalue weighted by molar-refractivity contribution is -0.114. The highest BCUT2D eigenvalue weighted by Gasteiger charge is 2.39. The summed E-state index contributed by atoms with van der Waals surface area (Å²) in [6.45, 7) is 6.69. The number of carbonyl (C=O) groups excluding carboxylic acids is 2. The van der Waals surface area contributed by atoms with E-state index < -0.39 is 0 Å². The van der Waals surface area contributed by atoms with E-state index in [0.717, 1.165) is 11.1 Å². The Morgan fingerprint density at radius 3 is 2.23 bits per heavy atom. The van der Waals surface area contributed by atoms with Gasteiger partial charge in [0.15, 0.2) is 11.6 Å². The van der Waals surface area contributed by atoms with Crippen molar-refractivity contribution in [3.63, 3.8) is 0 Å². The summed E-state index contributed by atoms with van der Waals surface area (Å²) >= 11 is 5.95. The van der Waals surface area contributed by atoms with Gasteiger partial charge in [0, 0.05) is 10.6 Å². The second kappa shape index (κ2) is 6.49. The third-order valence-electron chi connectivity index (χ3n) is 3.78. The minimum atomic E-state index is -0.344. The van der Waals surface area contributed by atoms with Gasteiger partial charge in [-0.05, 0) is 57.0 Å². The second-order valence-electron chi connectivity index (χ2n) is 5.59. The Labute approximate surface area is 135 Å². The topological polar surface area (TPSA) is 43.4 Å². The molecule has 22 heavy (non-hydrogen) atoms. The number of carbonyl (C=O) groups is 2. The molecule has 2 atom stereocenters. The van der Waals surface area contributed by atoms with Crippen LogP contribution in [0.1, 0.15) is 39.2 Å². The van der Waals surface area contributed by atoms with E-state index in [4.69, 9.17) is 16.3 Å².